The molecule has 0 bridgehead atoms. The molecular weight excluding hydrogens is 614 g/mol. The van der Waals surface area contributed by atoms with Crippen molar-refractivity contribution in [2.75, 3.05) is 18.1 Å². The minimum Gasteiger partial charge on any atom is -0.507 e. The number of aryl methyl sites for hydroxylation is 1. The molecule has 1 amide bonds. The number of anilines is 1. The number of aromatic nitrogens is 2. The van der Waals surface area contributed by atoms with Gasteiger partial charge in [-0.05, 0) is 49.6 Å². The van der Waals surface area contributed by atoms with Crippen molar-refractivity contribution in [2.24, 2.45) is 0 Å². The molecule has 234 valence electrons. The SMILES string of the molecule is CCCCCOc1ccc(C2C(=C(O)c3ccc(C)cc3)C(=O)C(=O)N2c2nnc(SCc3ccccc3F)s2)cc1OCC. The zero-order chi connectivity index (χ0) is 31.9. The fraction of sp³-hybridized carbons (Fsp3) is 0.294. The number of hydrogen-bond acceptors (Lipinski definition) is 9. The minimum atomic E-state index is -1.02. The van der Waals surface area contributed by atoms with Crippen LogP contribution in [0.15, 0.2) is 76.6 Å². The van der Waals surface area contributed by atoms with E-state index in [4.69, 9.17) is 9.47 Å². The van der Waals surface area contributed by atoms with E-state index < -0.39 is 17.7 Å². The largest absolute Gasteiger partial charge is 0.507 e. The summed E-state index contributed by atoms with van der Waals surface area (Å²) in [7, 11) is 0. The van der Waals surface area contributed by atoms with E-state index in [0.717, 1.165) is 36.2 Å². The van der Waals surface area contributed by atoms with Crippen molar-refractivity contribution < 1.29 is 28.6 Å². The number of nitrogens with zero attached hydrogens (tertiary/aromatic N) is 3. The predicted octanol–water partition coefficient (Wildman–Crippen LogP) is 7.87. The second-order valence-electron chi connectivity index (χ2n) is 10.5. The molecule has 5 rings (SSSR count). The number of aliphatic hydroxyl groups excluding tert-OH is 1. The standard InChI is InChI=1S/C34H34FN3O5S2/c1-4-6-9-18-43-26-17-16-23(19-27(26)42-5-2)29-28(30(39)22-14-12-21(3)13-15-22)31(40)32(41)38(29)33-36-37-34(45-33)44-20-24-10-7-8-11-25(24)35/h7-8,10-17,19,29,39H,4-6,9,18,20H2,1-3H3. The number of carbonyl (C=O) groups excluding carboxylic acids is 2. The zero-order valence-corrected chi connectivity index (χ0v) is 26.9. The Morgan fingerprint density at radius 3 is 2.51 bits per heavy atom. The third-order valence-electron chi connectivity index (χ3n) is 7.27. The molecule has 1 aliphatic heterocycles. The van der Waals surface area contributed by atoms with Gasteiger partial charge in [-0.15, -0.1) is 10.2 Å². The van der Waals surface area contributed by atoms with Gasteiger partial charge in [-0.25, -0.2) is 4.39 Å². The number of amides is 1. The van der Waals surface area contributed by atoms with E-state index in [1.807, 2.05) is 26.0 Å². The lowest BCUT2D eigenvalue weighted by Crippen LogP contribution is -2.29. The number of aliphatic hydroxyl groups is 1. The van der Waals surface area contributed by atoms with Crippen molar-refractivity contribution in [3.8, 4) is 11.5 Å². The molecule has 1 unspecified atom stereocenters. The van der Waals surface area contributed by atoms with Gasteiger partial charge >= 0.3 is 5.91 Å². The molecule has 0 aliphatic carbocycles. The van der Waals surface area contributed by atoms with Gasteiger partial charge in [-0.1, -0.05) is 97.0 Å². The van der Waals surface area contributed by atoms with Crippen molar-refractivity contribution in [2.45, 2.75) is 56.2 Å². The number of ketones is 1. The lowest BCUT2D eigenvalue weighted by atomic mass is 9.95. The molecule has 2 heterocycles. The van der Waals surface area contributed by atoms with Crippen molar-refractivity contribution in [1.29, 1.82) is 0 Å². The zero-order valence-electron chi connectivity index (χ0n) is 25.3. The van der Waals surface area contributed by atoms with Crippen molar-refractivity contribution in [1.82, 2.24) is 10.2 Å². The van der Waals surface area contributed by atoms with Crippen LogP contribution in [0.2, 0.25) is 0 Å². The first-order valence-electron chi connectivity index (χ1n) is 14.8. The molecule has 11 heteroatoms. The Balaban J connectivity index is 1.55. The highest BCUT2D eigenvalue weighted by molar-refractivity contribution is 8.00. The number of ether oxygens (including phenoxy) is 2. The van der Waals surface area contributed by atoms with E-state index in [0.29, 0.717) is 51.5 Å². The summed E-state index contributed by atoms with van der Waals surface area (Å²) in [6, 6.07) is 17.8. The second kappa shape index (κ2) is 14.7. The third kappa shape index (κ3) is 7.20. The molecule has 3 aromatic carbocycles. The maximum Gasteiger partial charge on any atom is 0.301 e. The van der Waals surface area contributed by atoms with E-state index in [-0.39, 0.29) is 22.3 Å². The molecule has 1 N–H and O–H groups in total. The Labute approximate surface area is 269 Å². The first kappa shape index (κ1) is 32.2. The Bertz CT molecular complexity index is 1710. The smallest absolute Gasteiger partial charge is 0.301 e. The number of rotatable bonds is 13. The molecule has 1 aromatic heterocycles. The number of halogens is 1. The van der Waals surface area contributed by atoms with Gasteiger partial charge in [-0.2, -0.15) is 0 Å². The summed E-state index contributed by atoms with van der Waals surface area (Å²) in [4.78, 5) is 28.6. The lowest BCUT2D eigenvalue weighted by Gasteiger charge is -2.23. The average molecular weight is 648 g/mol. The maximum atomic E-state index is 14.2. The van der Waals surface area contributed by atoms with E-state index >= 15 is 0 Å². The van der Waals surface area contributed by atoms with Gasteiger partial charge in [0, 0.05) is 11.3 Å². The summed E-state index contributed by atoms with van der Waals surface area (Å²) in [5, 5.41) is 20.1. The summed E-state index contributed by atoms with van der Waals surface area (Å²) in [5.41, 5.74) is 2.36. The highest BCUT2D eigenvalue weighted by atomic mass is 32.2. The minimum absolute atomic E-state index is 0.0707. The molecule has 0 saturated carbocycles. The maximum absolute atomic E-state index is 14.2. The van der Waals surface area contributed by atoms with Crippen LogP contribution < -0.4 is 14.4 Å². The topological polar surface area (TPSA) is 102 Å². The summed E-state index contributed by atoms with van der Waals surface area (Å²) >= 11 is 2.39. The van der Waals surface area contributed by atoms with Crippen LogP contribution in [0.3, 0.4) is 0 Å². The first-order chi connectivity index (χ1) is 21.8. The van der Waals surface area contributed by atoms with E-state index in [1.54, 1.807) is 48.5 Å². The van der Waals surface area contributed by atoms with Crippen LogP contribution in [-0.4, -0.2) is 40.2 Å². The molecule has 1 atom stereocenters. The van der Waals surface area contributed by atoms with E-state index in [2.05, 4.69) is 17.1 Å². The van der Waals surface area contributed by atoms with Crippen LogP contribution in [0.4, 0.5) is 9.52 Å². The number of benzene rings is 3. The lowest BCUT2D eigenvalue weighted by molar-refractivity contribution is -0.132. The van der Waals surface area contributed by atoms with Gasteiger partial charge in [-0.3, -0.25) is 14.5 Å². The fourth-order valence-electron chi connectivity index (χ4n) is 4.94. The first-order valence-corrected chi connectivity index (χ1v) is 16.6. The van der Waals surface area contributed by atoms with Gasteiger partial charge in [0.15, 0.2) is 15.8 Å². The highest BCUT2D eigenvalue weighted by Gasteiger charge is 2.48. The molecule has 0 spiro atoms. The quantitative estimate of drug-likeness (QED) is 0.0391. The second-order valence-corrected chi connectivity index (χ2v) is 12.6. The van der Waals surface area contributed by atoms with Gasteiger partial charge in [0.1, 0.15) is 11.6 Å². The Kier molecular flexibility index (Phi) is 10.5. The molecular formula is C34H34FN3O5S2. The summed E-state index contributed by atoms with van der Waals surface area (Å²) in [6.45, 7) is 6.80. The Morgan fingerprint density at radius 1 is 1.00 bits per heavy atom. The molecule has 8 nitrogen and oxygen atoms in total. The monoisotopic (exact) mass is 647 g/mol. The molecule has 0 radical (unpaired) electrons. The highest BCUT2D eigenvalue weighted by Crippen LogP contribution is 2.45. The van der Waals surface area contributed by atoms with Gasteiger partial charge < -0.3 is 14.6 Å². The van der Waals surface area contributed by atoms with E-state index in [1.165, 1.54) is 22.7 Å². The molecule has 1 aliphatic rings. The number of Topliss-reactive ketones (excluding diaryl/α,β-unsaturated/α-hetero) is 1. The van der Waals surface area contributed by atoms with Crippen LogP contribution in [-0.2, 0) is 15.3 Å². The van der Waals surface area contributed by atoms with Gasteiger partial charge in [0.05, 0.1) is 24.8 Å². The molecule has 4 aromatic rings. The van der Waals surface area contributed by atoms with Gasteiger partial charge in [0.2, 0.25) is 5.13 Å². The normalized spacial score (nSPS) is 15.9. The van der Waals surface area contributed by atoms with Gasteiger partial charge in [0.25, 0.3) is 5.78 Å². The summed E-state index contributed by atoms with van der Waals surface area (Å²) in [5.74, 6) is -0.966. The van der Waals surface area contributed by atoms with Crippen molar-refractivity contribution >= 4 is 45.7 Å². The number of hydrogen-bond donors (Lipinski definition) is 1. The molecule has 1 fully saturated rings. The fourth-order valence-corrected chi connectivity index (χ4v) is 6.80. The van der Waals surface area contributed by atoms with Crippen LogP contribution in [0, 0.1) is 12.7 Å². The molecule has 1 saturated heterocycles. The van der Waals surface area contributed by atoms with Crippen molar-refractivity contribution in [3.05, 3.63) is 100 Å². The number of carbonyl (C=O) groups is 2. The summed E-state index contributed by atoms with van der Waals surface area (Å²) in [6.07, 6.45) is 3.00. The average Bonchev–Trinajstić information content (AvgIpc) is 3.61. The number of unbranched alkanes of at least 4 members (excludes halogenated alkanes) is 2. The van der Waals surface area contributed by atoms with Crippen LogP contribution >= 0.6 is 23.1 Å². The van der Waals surface area contributed by atoms with Crippen LogP contribution in [0.25, 0.3) is 5.76 Å². The number of thioether (sulfide) groups is 1. The van der Waals surface area contributed by atoms with E-state index in [9.17, 15) is 19.1 Å². The summed E-state index contributed by atoms with van der Waals surface area (Å²) < 4.78 is 26.6. The predicted molar refractivity (Wildman–Crippen MR) is 174 cm³/mol. The Morgan fingerprint density at radius 2 is 1.78 bits per heavy atom. The van der Waals surface area contributed by atoms with Crippen LogP contribution in [0.1, 0.15) is 61.4 Å². The Hall–Kier alpha value is -4.22. The van der Waals surface area contributed by atoms with Crippen molar-refractivity contribution in [3.63, 3.8) is 0 Å². The third-order valence-corrected chi connectivity index (χ3v) is 9.37. The molecule has 45 heavy (non-hydrogen) atoms. The van der Waals surface area contributed by atoms with Crippen LogP contribution in [0.5, 0.6) is 11.5 Å².